The van der Waals surface area contributed by atoms with E-state index < -0.39 is 0 Å². The van der Waals surface area contributed by atoms with Crippen molar-refractivity contribution in [1.82, 2.24) is 10.1 Å². The zero-order valence-corrected chi connectivity index (χ0v) is 14.3. The van der Waals surface area contributed by atoms with Crippen molar-refractivity contribution in [2.45, 2.75) is 32.6 Å². The lowest BCUT2D eigenvalue weighted by Crippen LogP contribution is -2.11. The molecule has 0 radical (unpaired) electrons. The molecular formula is C18H17N3O2S. The molecule has 1 aliphatic rings. The van der Waals surface area contributed by atoms with Crippen molar-refractivity contribution >= 4 is 22.9 Å². The average molecular weight is 339 g/mol. The predicted octanol–water partition coefficient (Wildman–Crippen LogP) is 4.54. The molecule has 0 spiro atoms. The Morgan fingerprint density at radius 1 is 1.29 bits per heavy atom. The Kier molecular flexibility index (Phi) is 3.69. The summed E-state index contributed by atoms with van der Waals surface area (Å²) in [6, 6.07) is 9.45. The molecule has 3 aromatic rings. The number of rotatable bonds is 4. The second-order valence-electron chi connectivity index (χ2n) is 6.13. The van der Waals surface area contributed by atoms with Crippen LogP contribution >= 0.6 is 11.3 Å². The number of thiophene rings is 1. The maximum atomic E-state index is 12.4. The second kappa shape index (κ2) is 5.87. The van der Waals surface area contributed by atoms with E-state index in [9.17, 15) is 4.79 Å². The minimum Gasteiger partial charge on any atom is -0.339 e. The van der Waals surface area contributed by atoms with E-state index in [1.807, 2.05) is 44.2 Å². The lowest BCUT2D eigenvalue weighted by Gasteiger charge is -2.04. The smallest absolute Gasteiger partial charge is 0.255 e. The molecule has 4 rings (SSSR count). The number of hydrogen-bond acceptors (Lipinski definition) is 5. The van der Waals surface area contributed by atoms with Gasteiger partial charge in [-0.2, -0.15) is 4.98 Å². The quantitative estimate of drug-likeness (QED) is 0.757. The fourth-order valence-corrected chi connectivity index (χ4v) is 3.43. The third-order valence-electron chi connectivity index (χ3n) is 4.03. The Morgan fingerprint density at radius 2 is 2.12 bits per heavy atom. The largest absolute Gasteiger partial charge is 0.339 e. The monoisotopic (exact) mass is 339 g/mol. The summed E-state index contributed by atoms with van der Waals surface area (Å²) in [5.74, 6) is 1.65. The molecule has 1 saturated carbocycles. The number of amides is 1. The van der Waals surface area contributed by atoms with E-state index in [0.29, 0.717) is 17.3 Å². The van der Waals surface area contributed by atoms with Crippen LogP contribution in [0, 0.1) is 13.8 Å². The van der Waals surface area contributed by atoms with Gasteiger partial charge >= 0.3 is 0 Å². The Hall–Kier alpha value is -2.47. The highest BCUT2D eigenvalue weighted by Gasteiger charge is 2.30. The van der Waals surface area contributed by atoms with Crippen LogP contribution in [0.1, 0.15) is 45.4 Å². The maximum absolute atomic E-state index is 12.4. The van der Waals surface area contributed by atoms with Crippen LogP contribution in [0.25, 0.3) is 10.7 Å². The highest BCUT2D eigenvalue weighted by atomic mass is 32.1. The number of anilines is 1. The van der Waals surface area contributed by atoms with Gasteiger partial charge in [0.1, 0.15) is 0 Å². The standard InChI is InChI=1S/C18H17N3O2S/c1-10-4-3-5-13(8-10)17(22)19-14-9-15(24-11(14)2)16-20-18(23-21-16)12-6-7-12/h3-5,8-9,12H,6-7H2,1-2H3,(H,19,22). The Bertz CT molecular complexity index is 909. The van der Waals surface area contributed by atoms with E-state index >= 15 is 0 Å². The second-order valence-corrected chi connectivity index (χ2v) is 7.39. The summed E-state index contributed by atoms with van der Waals surface area (Å²) >= 11 is 1.55. The minimum atomic E-state index is -0.113. The first-order valence-corrected chi connectivity index (χ1v) is 8.74. The molecule has 0 aliphatic heterocycles. The molecule has 2 heterocycles. The molecule has 0 saturated heterocycles. The molecule has 1 amide bonds. The summed E-state index contributed by atoms with van der Waals surface area (Å²) < 4.78 is 5.31. The Labute approximate surface area is 143 Å². The van der Waals surface area contributed by atoms with Crippen molar-refractivity contribution < 1.29 is 9.32 Å². The molecule has 2 aromatic heterocycles. The van der Waals surface area contributed by atoms with Gasteiger partial charge in [0.25, 0.3) is 5.91 Å². The summed E-state index contributed by atoms with van der Waals surface area (Å²) in [6.07, 6.45) is 2.26. The fraction of sp³-hybridized carbons (Fsp3) is 0.278. The number of carbonyl (C=O) groups is 1. The summed E-state index contributed by atoms with van der Waals surface area (Å²) in [5.41, 5.74) is 2.50. The number of aryl methyl sites for hydroxylation is 2. The van der Waals surface area contributed by atoms with Gasteiger partial charge in [0, 0.05) is 16.4 Å². The molecule has 1 N–H and O–H groups in total. The Balaban J connectivity index is 1.55. The van der Waals surface area contributed by atoms with Crippen LogP contribution in [0.2, 0.25) is 0 Å². The lowest BCUT2D eigenvalue weighted by atomic mass is 10.1. The van der Waals surface area contributed by atoms with Gasteiger partial charge in [0.15, 0.2) is 0 Å². The van der Waals surface area contributed by atoms with Crippen LogP contribution in [0.4, 0.5) is 5.69 Å². The molecular weight excluding hydrogens is 322 g/mol. The zero-order valence-electron chi connectivity index (χ0n) is 13.5. The molecule has 6 heteroatoms. The first-order chi connectivity index (χ1) is 11.6. The summed E-state index contributed by atoms with van der Waals surface area (Å²) in [4.78, 5) is 18.8. The van der Waals surface area contributed by atoms with Crippen LogP contribution in [0.5, 0.6) is 0 Å². The molecule has 1 fully saturated rings. The van der Waals surface area contributed by atoms with Gasteiger partial charge in [-0.1, -0.05) is 22.9 Å². The zero-order chi connectivity index (χ0) is 16.7. The minimum absolute atomic E-state index is 0.113. The molecule has 0 bridgehead atoms. The number of nitrogens with one attached hydrogen (secondary N) is 1. The molecule has 1 aromatic carbocycles. The summed E-state index contributed by atoms with van der Waals surface area (Å²) in [5, 5.41) is 7.03. The number of benzene rings is 1. The van der Waals surface area contributed by atoms with E-state index in [1.165, 1.54) is 0 Å². The van der Waals surface area contributed by atoms with Crippen LogP contribution in [-0.2, 0) is 0 Å². The van der Waals surface area contributed by atoms with E-state index in [-0.39, 0.29) is 5.91 Å². The molecule has 0 atom stereocenters. The van der Waals surface area contributed by atoms with Crippen molar-refractivity contribution in [3.8, 4) is 10.7 Å². The topological polar surface area (TPSA) is 68.0 Å². The van der Waals surface area contributed by atoms with Crippen molar-refractivity contribution in [1.29, 1.82) is 0 Å². The number of carbonyl (C=O) groups excluding carboxylic acids is 1. The summed E-state index contributed by atoms with van der Waals surface area (Å²) in [6.45, 7) is 3.94. The highest BCUT2D eigenvalue weighted by molar-refractivity contribution is 7.16. The van der Waals surface area contributed by atoms with Crippen molar-refractivity contribution in [3.63, 3.8) is 0 Å². The molecule has 0 unspecified atom stereocenters. The van der Waals surface area contributed by atoms with Gasteiger partial charge < -0.3 is 9.84 Å². The van der Waals surface area contributed by atoms with Crippen LogP contribution in [0.15, 0.2) is 34.9 Å². The SMILES string of the molecule is Cc1cccc(C(=O)Nc2cc(-c3noc(C4CC4)n3)sc2C)c1. The fourth-order valence-electron chi connectivity index (χ4n) is 2.53. The molecule has 5 nitrogen and oxygen atoms in total. The van der Waals surface area contributed by atoms with E-state index in [1.54, 1.807) is 11.3 Å². The normalized spacial score (nSPS) is 13.9. The van der Waals surface area contributed by atoms with Crippen LogP contribution < -0.4 is 5.32 Å². The first-order valence-electron chi connectivity index (χ1n) is 7.92. The maximum Gasteiger partial charge on any atom is 0.255 e. The highest BCUT2D eigenvalue weighted by Crippen LogP contribution is 2.40. The van der Waals surface area contributed by atoms with Gasteiger partial charge in [0.2, 0.25) is 11.7 Å². The van der Waals surface area contributed by atoms with E-state index in [0.717, 1.165) is 39.7 Å². The molecule has 122 valence electrons. The number of aromatic nitrogens is 2. The van der Waals surface area contributed by atoms with Gasteiger partial charge in [-0.25, -0.2) is 0 Å². The third kappa shape index (κ3) is 2.97. The van der Waals surface area contributed by atoms with Gasteiger partial charge in [-0.3, -0.25) is 4.79 Å². The third-order valence-corrected chi connectivity index (χ3v) is 5.08. The van der Waals surface area contributed by atoms with Crippen molar-refractivity contribution in [2.75, 3.05) is 5.32 Å². The van der Waals surface area contributed by atoms with E-state index in [2.05, 4.69) is 15.5 Å². The van der Waals surface area contributed by atoms with Gasteiger partial charge in [0.05, 0.1) is 10.6 Å². The van der Waals surface area contributed by atoms with Gasteiger partial charge in [-0.05, 0) is 44.9 Å². The van der Waals surface area contributed by atoms with Crippen molar-refractivity contribution in [3.05, 3.63) is 52.2 Å². The molecule has 1 aliphatic carbocycles. The number of nitrogens with zero attached hydrogens (tertiary/aromatic N) is 2. The Morgan fingerprint density at radius 3 is 2.88 bits per heavy atom. The van der Waals surface area contributed by atoms with E-state index in [4.69, 9.17) is 4.52 Å². The first kappa shape index (κ1) is 15.1. The van der Waals surface area contributed by atoms with Crippen molar-refractivity contribution in [2.24, 2.45) is 0 Å². The lowest BCUT2D eigenvalue weighted by molar-refractivity contribution is 0.102. The molecule has 24 heavy (non-hydrogen) atoms. The number of hydrogen-bond donors (Lipinski definition) is 1. The van der Waals surface area contributed by atoms with Crippen LogP contribution in [-0.4, -0.2) is 16.0 Å². The summed E-state index contributed by atoms with van der Waals surface area (Å²) in [7, 11) is 0. The average Bonchev–Trinajstić information content (AvgIpc) is 3.18. The van der Waals surface area contributed by atoms with Gasteiger partial charge in [-0.15, -0.1) is 11.3 Å². The predicted molar refractivity (Wildman–Crippen MR) is 93.5 cm³/mol. The van der Waals surface area contributed by atoms with Crippen LogP contribution in [0.3, 0.4) is 0 Å².